The minimum Gasteiger partial charge on any atom is -0.370 e. The van der Waals surface area contributed by atoms with Crippen LogP contribution in [0.2, 0.25) is 0 Å². The number of nitriles is 1. The van der Waals surface area contributed by atoms with E-state index in [1.165, 1.54) is 6.07 Å². The van der Waals surface area contributed by atoms with Crippen molar-refractivity contribution in [2.75, 3.05) is 19.3 Å². The molecule has 0 bridgehead atoms. The summed E-state index contributed by atoms with van der Waals surface area (Å²) in [5, 5.41) is 9.06. The Labute approximate surface area is 192 Å². The van der Waals surface area contributed by atoms with Crippen LogP contribution >= 0.6 is 0 Å². The molecule has 1 saturated heterocycles. The lowest BCUT2D eigenvalue weighted by molar-refractivity contribution is 0.0712. The van der Waals surface area contributed by atoms with Crippen molar-refractivity contribution in [2.45, 2.75) is 30.6 Å². The number of hydrogen-bond donors (Lipinski definition) is 2. The number of guanidine groups is 1. The fraction of sp³-hybridized carbons (Fsp3) is 0.304. The van der Waals surface area contributed by atoms with Gasteiger partial charge >= 0.3 is 0 Å². The summed E-state index contributed by atoms with van der Waals surface area (Å²) in [5.41, 5.74) is 12.8. The van der Waals surface area contributed by atoms with Crippen LogP contribution in [-0.2, 0) is 9.84 Å². The van der Waals surface area contributed by atoms with Crippen molar-refractivity contribution in [2.24, 2.45) is 16.5 Å². The van der Waals surface area contributed by atoms with Crippen molar-refractivity contribution in [1.82, 2.24) is 4.90 Å². The molecule has 2 aromatic rings. The lowest BCUT2D eigenvalue weighted by atomic mass is 9.87. The number of likely N-dealkylation sites (tertiary alicyclic amines) is 1. The predicted molar refractivity (Wildman–Crippen MR) is 123 cm³/mol. The second-order valence-electron chi connectivity index (χ2n) is 8.08. The van der Waals surface area contributed by atoms with Crippen molar-refractivity contribution in [1.29, 1.82) is 5.26 Å². The molecule has 172 valence electrons. The molecule has 1 heterocycles. The summed E-state index contributed by atoms with van der Waals surface area (Å²) in [6.45, 7) is 2.58. The monoisotopic (exact) mass is 467 g/mol. The van der Waals surface area contributed by atoms with Crippen LogP contribution in [0.4, 0.5) is 0 Å². The van der Waals surface area contributed by atoms with E-state index in [1.807, 2.05) is 6.07 Å². The van der Waals surface area contributed by atoms with Crippen LogP contribution in [0.5, 0.6) is 0 Å². The molecule has 1 aliphatic rings. The quantitative estimate of drug-likeness (QED) is 0.511. The van der Waals surface area contributed by atoms with Gasteiger partial charge in [0, 0.05) is 30.5 Å². The van der Waals surface area contributed by atoms with Crippen molar-refractivity contribution < 1.29 is 18.0 Å². The maximum Gasteiger partial charge on any atom is 0.280 e. The third-order valence-electron chi connectivity index (χ3n) is 5.68. The van der Waals surface area contributed by atoms with E-state index in [-0.39, 0.29) is 22.3 Å². The number of amides is 2. The summed E-state index contributed by atoms with van der Waals surface area (Å²) < 4.78 is 25.1. The Balaban J connectivity index is 1.87. The average Bonchev–Trinajstić information content (AvgIpc) is 2.77. The largest absolute Gasteiger partial charge is 0.370 e. The summed E-state index contributed by atoms with van der Waals surface area (Å²) in [6.07, 6.45) is 2.22. The van der Waals surface area contributed by atoms with E-state index >= 15 is 0 Å². The summed E-state index contributed by atoms with van der Waals surface area (Å²) in [5.74, 6) is -1.37. The molecule has 0 atom stereocenters. The van der Waals surface area contributed by atoms with E-state index in [0.717, 1.165) is 6.26 Å². The van der Waals surface area contributed by atoms with Gasteiger partial charge < -0.3 is 16.4 Å². The Morgan fingerprint density at radius 2 is 1.82 bits per heavy atom. The molecule has 10 heteroatoms. The molecule has 4 N–H and O–H groups in total. The lowest BCUT2D eigenvalue weighted by Crippen LogP contribution is -2.38. The maximum absolute atomic E-state index is 12.8. The molecule has 33 heavy (non-hydrogen) atoms. The number of sulfone groups is 1. The van der Waals surface area contributed by atoms with Gasteiger partial charge in [-0.05, 0) is 61.1 Å². The van der Waals surface area contributed by atoms with Gasteiger partial charge in [-0.3, -0.25) is 9.59 Å². The number of nitrogens with zero attached hydrogens (tertiary/aromatic N) is 3. The predicted octanol–water partition coefficient (Wildman–Crippen LogP) is 1.70. The molecule has 0 unspecified atom stereocenters. The van der Waals surface area contributed by atoms with E-state index in [2.05, 4.69) is 4.99 Å². The van der Waals surface area contributed by atoms with Gasteiger partial charge in [0.25, 0.3) is 11.8 Å². The number of nitrogens with two attached hydrogens (primary N) is 2. The van der Waals surface area contributed by atoms with Gasteiger partial charge in [-0.2, -0.15) is 10.3 Å². The molecule has 1 fully saturated rings. The molecule has 2 aromatic carbocycles. The Hall–Kier alpha value is -3.71. The normalized spacial score (nSPS) is 14.4. The number of aliphatic imine (C=N–C) groups is 1. The maximum atomic E-state index is 12.8. The fourth-order valence-corrected chi connectivity index (χ4v) is 5.04. The third-order valence-corrected chi connectivity index (χ3v) is 6.83. The second-order valence-corrected chi connectivity index (χ2v) is 10.1. The van der Waals surface area contributed by atoms with E-state index in [1.54, 1.807) is 42.2 Å². The summed E-state index contributed by atoms with van der Waals surface area (Å²) in [4.78, 5) is 30.5. The van der Waals surface area contributed by atoms with Gasteiger partial charge in [0.2, 0.25) is 0 Å². The van der Waals surface area contributed by atoms with Crippen LogP contribution < -0.4 is 11.5 Å². The topological polar surface area (TPSA) is 160 Å². The number of rotatable bonds is 4. The Morgan fingerprint density at radius 3 is 2.39 bits per heavy atom. The SMILES string of the molecule is Cc1cc(C2CCN(C(=O)c3cccc(C#N)c3)CC2)c(S(C)(=O)=O)cc1C(=O)N=C(N)N. The molecule has 9 nitrogen and oxygen atoms in total. The zero-order valence-electron chi connectivity index (χ0n) is 18.4. The van der Waals surface area contributed by atoms with Gasteiger partial charge in [-0.1, -0.05) is 12.1 Å². The van der Waals surface area contributed by atoms with Gasteiger partial charge in [0.1, 0.15) is 0 Å². The molecule has 0 spiro atoms. The standard InChI is InChI=1S/C23H25N5O4S/c1-14-10-19(20(33(2,31)32)12-18(14)21(29)27-23(25)26)16-6-8-28(9-7-16)22(30)17-5-3-4-15(11-17)13-24/h3-5,10-12,16H,6-9H2,1-2H3,(H4,25,26,27,29). The highest BCUT2D eigenvalue weighted by Gasteiger charge is 2.29. The van der Waals surface area contributed by atoms with E-state index < -0.39 is 21.7 Å². The lowest BCUT2D eigenvalue weighted by Gasteiger charge is -2.33. The number of benzene rings is 2. The molecule has 0 saturated carbocycles. The van der Waals surface area contributed by atoms with Crippen LogP contribution in [0.3, 0.4) is 0 Å². The van der Waals surface area contributed by atoms with Crippen molar-refractivity contribution >= 4 is 27.6 Å². The Bertz CT molecular complexity index is 1280. The first-order valence-corrected chi connectivity index (χ1v) is 12.2. The molecule has 2 amide bonds. The van der Waals surface area contributed by atoms with Crippen molar-refractivity contribution in [3.63, 3.8) is 0 Å². The van der Waals surface area contributed by atoms with E-state index in [9.17, 15) is 18.0 Å². The van der Waals surface area contributed by atoms with Crippen molar-refractivity contribution in [3.8, 4) is 6.07 Å². The van der Waals surface area contributed by atoms with Crippen LogP contribution in [0, 0.1) is 18.3 Å². The minimum atomic E-state index is -3.64. The zero-order valence-corrected chi connectivity index (χ0v) is 19.2. The van der Waals surface area contributed by atoms with E-state index in [0.29, 0.717) is 48.2 Å². The highest BCUT2D eigenvalue weighted by atomic mass is 32.2. The van der Waals surface area contributed by atoms with Crippen LogP contribution in [0.15, 0.2) is 46.3 Å². The number of carbonyl (C=O) groups excluding carboxylic acids is 2. The number of carbonyl (C=O) groups is 2. The molecule has 1 aliphatic heterocycles. The molecular formula is C23H25N5O4S. The molecular weight excluding hydrogens is 442 g/mol. The van der Waals surface area contributed by atoms with Crippen molar-refractivity contribution in [3.05, 3.63) is 64.2 Å². The summed E-state index contributed by atoms with van der Waals surface area (Å²) in [7, 11) is -3.64. The average molecular weight is 468 g/mol. The third kappa shape index (κ3) is 5.38. The van der Waals surface area contributed by atoms with Gasteiger partial charge in [-0.25, -0.2) is 8.42 Å². The highest BCUT2D eigenvalue weighted by Crippen LogP contribution is 2.35. The Morgan fingerprint density at radius 1 is 1.15 bits per heavy atom. The molecule has 0 aromatic heterocycles. The van der Waals surface area contributed by atoms with Gasteiger partial charge in [0.15, 0.2) is 15.8 Å². The highest BCUT2D eigenvalue weighted by molar-refractivity contribution is 7.90. The summed E-state index contributed by atoms with van der Waals surface area (Å²) in [6, 6.07) is 11.6. The molecule has 0 radical (unpaired) electrons. The zero-order chi connectivity index (χ0) is 24.3. The smallest absolute Gasteiger partial charge is 0.280 e. The molecule has 3 rings (SSSR count). The Kier molecular flexibility index (Phi) is 6.84. The van der Waals surface area contributed by atoms with Crippen LogP contribution in [0.25, 0.3) is 0 Å². The number of hydrogen-bond acceptors (Lipinski definition) is 5. The first-order valence-electron chi connectivity index (χ1n) is 10.3. The minimum absolute atomic E-state index is 0.0636. The first kappa shape index (κ1) is 23.9. The van der Waals surface area contributed by atoms with E-state index in [4.69, 9.17) is 16.7 Å². The number of aryl methyl sites for hydroxylation is 1. The summed E-state index contributed by atoms with van der Waals surface area (Å²) >= 11 is 0. The van der Waals surface area contributed by atoms with Gasteiger partial charge in [0.05, 0.1) is 16.5 Å². The second kappa shape index (κ2) is 9.42. The fourth-order valence-electron chi connectivity index (χ4n) is 4.06. The van der Waals surface area contributed by atoms with Crippen LogP contribution in [-0.4, -0.2) is 50.4 Å². The first-order chi connectivity index (χ1) is 15.5. The number of piperidine rings is 1. The van der Waals surface area contributed by atoms with Crippen LogP contribution in [0.1, 0.15) is 56.2 Å². The van der Waals surface area contributed by atoms with Gasteiger partial charge in [-0.15, -0.1) is 0 Å². The molecule has 0 aliphatic carbocycles.